The second kappa shape index (κ2) is 71.3. The molecule has 0 aliphatic carbocycles. The molecular formula is C82H140NO8+. The van der Waals surface area contributed by atoms with Crippen LogP contribution >= 0.6 is 0 Å². The van der Waals surface area contributed by atoms with Crippen molar-refractivity contribution in [2.75, 3.05) is 47.5 Å². The average Bonchev–Trinajstić information content (AvgIpc) is 3.46. The molecule has 0 aromatic carbocycles. The fourth-order valence-electron chi connectivity index (χ4n) is 10.2. The lowest BCUT2D eigenvalue weighted by Crippen LogP contribution is -2.40. The molecule has 0 fully saturated rings. The van der Waals surface area contributed by atoms with E-state index in [-0.39, 0.29) is 32.2 Å². The summed E-state index contributed by atoms with van der Waals surface area (Å²) in [7, 11) is 5.97. The number of quaternary nitrogens is 1. The van der Waals surface area contributed by atoms with Crippen LogP contribution in [0.1, 0.15) is 309 Å². The highest BCUT2D eigenvalue weighted by Crippen LogP contribution is 2.17. The molecule has 9 heteroatoms. The molecule has 0 saturated carbocycles. The van der Waals surface area contributed by atoms with Crippen molar-refractivity contribution < 1.29 is 42.9 Å². The van der Waals surface area contributed by atoms with E-state index in [0.29, 0.717) is 23.9 Å². The van der Waals surface area contributed by atoms with Crippen LogP contribution in [0.2, 0.25) is 0 Å². The summed E-state index contributed by atoms with van der Waals surface area (Å²) in [5.41, 5.74) is 0. The molecule has 0 aromatic rings. The van der Waals surface area contributed by atoms with Gasteiger partial charge in [0.05, 0.1) is 34.4 Å². The van der Waals surface area contributed by atoms with Crippen molar-refractivity contribution in [3.63, 3.8) is 0 Å². The molecule has 0 rings (SSSR count). The molecule has 0 heterocycles. The van der Waals surface area contributed by atoms with E-state index in [9.17, 15) is 19.5 Å². The van der Waals surface area contributed by atoms with Crippen LogP contribution in [0.15, 0.2) is 134 Å². The maximum absolute atomic E-state index is 13.0. The summed E-state index contributed by atoms with van der Waals surface area (Å²) in [6.45, 7) is 4.77. The SMILES string of the molecule is CC/C=C\C/C=C\C/C=C\C/C=C\C/C=C\C/C=C\C/C=C\C/C=C\C/C=C\C/C=C\CCCCCCCCCCC(=O)OC(COC(=O)CCCCCCCCCCCCCCCCC/C=C\CCCCCCCCCC)COC(OCC[N+](C)(C)C)C(=O)O. The van der Waals surface area contributed by atoms with Crippen molar-refractivity contribution in [2.45, 2.75) is 322 Å². The number of esters is 2. The first-order chi connectivity index (χ1) is 44.6. The number of allylic oxidation sites excluding steroid dienone is 22. The van der Waals surface area contributed by atoms with Crippen molar-refractivity contribution in [3.05, 3.63) is 134 Å². The van der Waals surface area contributed by atoms with E-state index in [1.165, 1.54) is 167 Å². The second-order valence-electron chi connectivity index (χ2n) is 25.9. The minimum atomic E-state index is -1.52. The number of carboxylic acid groups (broad SMARTS) is 1. The first kappa shape index (κ1) is 86.4. The van der Waals surface area contributed by atoms with Crippen molar-refractivity contribution in [3.8, 4) is 0 Å². The Morgan fingerprint density at radius 1 is 0.341 bits per heavy atom. The van der Waals surface area contributed by atoms with Gasteiger partial charge in [-0.25, -0.2) is 4.79 Å². The zero-order valence-electron chi connectivity index (χ0n) is 59.5. The van der Waals surface area contributed by atoms with E-state index in [4.69, 9.17) is 18.9 Å². The summed E-state index contributed by atoms with van der Waals surface area (Å²) in [6, 6.07) is 0. The molecule has 0 amide bonds. The number of aliphatic carboxylic acids is 1. The number of carbonyl (C=O) groups is 3. The number of nitrogens with zero attached hydrogens (tertiary/aromatic N) is 1. The van der Waals surface area contributed by atoms with Crippen molar-refractivity contribution in [2.24, 2.45) is 0 Å². The molecule has 0 aliphatic heterocycles. The van der Waals surface area contributed by atoms with Crippen LogP contribution < -0.4 is 0 Å². The van der Waals surface area contributed by atoms with Gasteiger partial charge in [0, 0.05) is 12.8 Å². The molecule has 91 heavy (non-hydrogen) atoms. The van der Waals surface area contributed by atoms with E-state index in [1.807, 2.05) is 21.1 Å². The maximum Gasteiger partial charge on any atom is 0.361 e. The standard InChI is InChI=1S/C82H139NO8/c1-6-8-10-12-14-16-18-20-22-24-26-28-30-32-34-35-36-37-38-39-40-41-42-43-44-45-47-49-51-53-55-57-59-61-63-65-67-69-71-73-80(85)91-78(77-90-82(81(86)87)88-75-74-83(3,4)5)76-89-79(84)72-70-68-66-64-62-60-58-56-54-52-50-48-46-33-31-29-27-25-23-21-19-17-15-13-11-9-7-2/h8,10,14,16,20,22,25-28,32,34,36-37,39-40,42-43,45,47,51,53,78,82H,6-7,9,11-13,15,17-19,21,23-24,29-31,33,35,38,41,44,46,48-50,52,54-77H2,1-5H3/p+1/b10-8-,16-14-,22-20-,27-25-,28-26-,34-32-,37-36-,40-39-,43-42-,47-45-,53-51-. The highest BCUT2D eigenvalue weighted by molar-refractivity contribution is 5.71. The van der Waals surface area contributed by atoms with Gasteiger partial charge in [0.25, 0.3) is 6.29 Å². The Balaban J connectivity index is 4.15. The van der Waals surface area contributed by atoms with Crippen molar-refractivity contribution in [1.82, 2.24) is 0 Å². The van der Waals surface area contributed by atoms with Crippen LogP contribution in [0.3, 0.4) is 0 Å². The van der Waals surface area contributed by atoms with Gasteiger partial charge in [-0.3, -0.25) is 9.59 Å². The van der Waals surface area contributed by atoms with Crippen LogP contribution in [0.4, 0.5) is 0 Å². The van der Waals surface area contributed by atoms with E-state index >= 15 is 0 Å². The Bertz CT molecular complexity index is 1960. The maximum atomic E-state index is 13.0. The average molecular weight is 1270 g/mol. The minimum Gasteiger partial charge on any atom is -0.477 e. The van der Waals surface area contributed by atoms with Gasteiger partial charge in [-0.2, -0.15) is 0 Å². The number of ether oxygens (including phenoxy) is 4. The lowest BCUT2D eigenvalue weighted by molar-refractivity contribution is -0.870. The van der Waals surface area contributed by atoms with Crippen LogP contribution in [0, 0.1) is 0 Å². The molecule has 0 aliphatic rings. The van der Waals surface area contributed by atoms with E-state index in [2.05, 4.69) is 148 Å². The van der Waals surface area contributed by atoms with Gasteiger partial charge in [-0.05, 0) is 116 Å². The molecule has 0 bridgehead atoms. The number of likely N-dealkylation sites (N-methyl/N-ethyl adjacent to an activating group) is 1. The molecule has 0 radical (unpaired) electrons. The highest BCUT2D eigenvalue weighted by atomic mass is 16.7. The zero-order chi connectivity index (χ0) is 66.1. The molecule has 520 valence electrons. The number of carboxylic acids is 1. The molecule has 0 saturated heterocycles. The number of carbonyl (C=O) groups excluding carboxylic acids is 2. The first-order valence-electron chi connectivity index (χ1n) is 37.3. The lowest BCUT2D eigenvalue weighted by Gasteiger charge is -2.25. The summed E-state index contributed by atoms with van der Waals surface area (Å²) in [6.07, 6.45) is 100. The largest absolute Gasteiger partial charge is 0.477 e. The van der Waals surface area contributed by atoms with Gasteiger partial charge in [-0.15, -0.1) is 0 Å². The smallest absolute Gasteiger partial charge is 0.361 e. The third-order valence-electron chi connectivity index (χ3n) is 15.9. The Hall–Kier alpha value is -4.57. The number of unbranched alkanes of at least 4 members (excludes halogenated alkanes) is 31. The summed E-state index contributed by atoms with van der Waals surface area (Å²) in [5, 5.41) is 9.76. The predicted molar refractivity (Wildman–Crippen MR) is 391 cm³/mol. The zero-order valence-corrected chi connectivity index (χ0v) is 59.5. The van der Waals surface area contributed by atoms with E-state index in [1.54, 1.807) is 0 Å². The fourth-order valence-corrected chi connectivity index (χ4v) is 10.2. The predicted octanol–water partition coefficient (Wildman–Crippen LogP) is 23.7. The van der Waals surface area contributed by atoms with E-state index < -0.39 is 24.3 Å². The molecule has 0 aromatic heterocycles. The van der Waals surface area contributed by atoms with Gasteiger partial charge in [0.2, 0.25) is 0 Å². The Kier molecular flexibility index (Phi) is 67.7. The normalized spacial score (nSPS) is 13.5. The lowest BCUT2D eigenvalue weighted by atomic mass is 10.0. The molecule has 9 nitrogen and oxygen atoms in total. The van der Waals surface area contributed by atoms with Gasteiger partial charge in [0.15, 0.2) is 6.10 Å². The minimum absolute atomic E-state index is 0.181. The van der Waals surface area contributed by atoms with Gasteiger partial charge in [-0.1, -0.05) is 314 Å². The third kappa shape index (κ3) is 72.7. The number of hydrogen-bond donors (Lipinski definition) is 1. The first-order valence-corrected chi connectivity index (χ1v) is 37.3. The number of rotatable bonds is 68. The summed E-state index contributed by atoms with van der Waals surface area (Å²) < 4.78 is 23.0. The fraction of sp³-hybridized carbons (Fsp3) is 0.695. The Morgan fingerprint density at radius 2 is 0.626 bits per heavy atom. The molecular weight excluding hydrogens is 1130 g/mol. The monoisotopic (exact) mass is 1270 g/mol. The quantitative estimate of drug-likeness (QED) is 0.0211. The number of hydrogen-bond acceptors (Lipinski definition) is 7. The summed E-state index contributed by atoms with van der Waals surface area (Å²) in [4.78, 5) is 37.7. The van der Waals surface area contributed by atoms with Crippen LogP contribution in [-0.2, 0) is 33.3 Å². The highest BCUT2D eigenvalue weighted by Gasteiger charge is 2.25. The van der Waals surface area contributed by atoms with Gasteiger partial charge in [0.1, 0.15) is 13.2 Å². The Labute approximate surface area is 560 Å². The molecule has 2 unspecified atom stereocenters. The van der Waals surface area contributed by atoms with Crippen LogP contribution in [0.5, 0.6) is 0 Å². The third-order valence-corrected chi connectivity index (χ3v) is 15.9. The van der Waals surface area contributed by atoms with Crippen LogP contribution in [-0.4, -0.2) is 87.4 Å². The summed E-state index contributed by atoms with van der Waals surface area (Å²) in [5.74, 6) is -2.01. The topological polar surface area (TPSA) is 108 Å². The van der Waals surface area contributed by atoms with Crippen LogP contribution in [0.25, 0.3) is 0 Å². The molecule has 2 atom stereocenters. The molecule has 1 N–H and O–H groups in total. The van der Waals surface area contributed by atoms with E-state index in [0.717, 1.165) is 109 Å². The summed E-state index contributed by atoms with van der Waals surface area (Å²) >= 11 is 0. The second-order valence-corrected chi connectivity index (χ2v) is 25.9. The Morgan fingerprint density at radius 3 is 0.945 bits per heavy atom. The van der Waals surface area contributed by atoms with Crippen molar-refractivity contribution in [1.29, 1.82) is 0 Å². The van der Waals surface area contributed by atoms with Gasteiger partial charge < -0.3 is 28.5 Å². The molecule has 0 spiro atoms. The van der Waals surface area contributed by atoms with Crippen molar-refractivity contribution >= 4 is 17.9 Å². The van der Waals surface area contributed by atoms with Gasteiger partial charge >= 0.3 is 17.9 Å².